The molecular formula is C12H14F3N3. The number of fused-ring (bicyclic) bond motifs is 1. The van der Waals surface area contributed by atoms with E-state index in [2.05, 4.69) is 4.98 Å². The number of halogens is 3. The summed E-state index contributed by atoms with van der Waals surface area (Å²) < 4.78 is 40.2. The number of hydrogen-bond acceptors (Lipinski definition) is 2. The fourth-order valence-corrected chi connectivity index (χ4v) is 1.90. The third kappa shape index (κ3) is 1.77. The molecule has 1 aromatic heterocycles. The van der Waals surface area contributed by atoms with E-state index in [0.717, 1.165) is 12.5 Å². The summed E-state index contributed by atoms with van der Waals surface area (Å²) in [6.45, 7) is 2.79. The predicted octanol–water partition coefficient (Wildman–Crippen LogP) is 2.62. The first kappa shape index (κ1) is 12.9. The van der Waals surface area contributed by atoms with Gasteiger partial charge in [0, 0.05) is 7.05 Å². The van der Waals surface area contributed by atoms with Gasteiger partial charge >= 0.3 is 6.18 Å². The molecule has 2 N–H and O–H groups in total. The fraction of sp³-hybridized carbons (Fsp3) is 0.417. The Bertz CT molecular complexity index is 596. The highest BCUT2D eigenvalue weighted by atomic mass is 19.4. The normalized spacial score (nSPS) is 15.9. The van der Waals surface area contributed by atoms with Crippen molar-refractivity contribution in [2.75, 3.05) is 0 Å². The van der Waals surface area contributed by atoms with Gasteiger partial charge < -0.3 is 10.3 Å². The molecule has 98 valence electrons. The molecule has 0 amide bonds. The highest BCUT2D eigenvalue weighted by molar-refractivity contribution is 5.77. The average Bonchev–Trinajstić information content (AvgIpc) is 2.54. The molecule has 6 heteroatoms. The number of nitrogens with two attached hydrogens (primary N) is 1. The first-order valence-corrected chi connectivity index (χ1v) is 5.44. The third-order valence-electron chi connectivity index (χ3n) is 3.09. The van der Waals surface area contributed by atoms with Crippen molar-refractivity contribution in [1.82, 2.24) is 9.55 Å². The zero-order valence-corrected chi connectivity index (χ0v) is 10.3. The van der Waals surface area contributed by atoms with Gasteiger partial charge in [0.25, 0.3) is 0 Å². The number of rotatable bonds is 1. The summed E-state index contributed by atoms with van der Waals surface area (Å²) in [6, 6.07) is 5.31. The summed E-state index contributed by atoms with van der Waals surface area (Å²) in [7, 11) is 1.54. The Balaban J connectivity index is 2.70. The molecule has 1 heterocycles. The SMILES string of the molecule is Cc1ccc2c(c1)nc(C(C)(N)C(F)(F)F)n2C. The summed E-state index contributed by atoms with van der Waals surface area (Å²) in [4.78, 5) is 4.03. The van der Waals surface area contributed by atoms with E-state index in [1.54, 1.807) is 12.1 Å². The molecule has 0 aliphatic heterocycles. The van der Waals surface area contributed by atoms with E-state index in [9.17, 15) is 13.2 Å². The maximum atomic E-state index is 12.9. The Morgan fingerprint density at radius 3 is 2.44 bits per heavy atom. The van der Waals surface area contributed by atoms with Crippen LogP contribution in [0.4, 0.5) is 13.2 Å². The molecule has 18 heavy (non-hydrogen) atoms. The first-order chi connectivity index (χ1) is 8.14. The van der Waals surface area contributed by atoms with Crippen molar-refractivity contribution < 1.29 is 13.2 Å². The van der Waals surface area contributed by atoms with Gasteiger partial charge in [-0.3, -0.25) is 0 Å². The number of imidazole rings is 1. The second kappa shape index (κ2) is 3.71. The Hall–Kier alpha value is -1.56. The molecule has 2 rings (SSSR count). The van der Waals surface area contributed by atoms with Gasteiger partial charge in [0.2, 0.25) is 0 Å². The summed E-state index contributed by atoms with van der Waals surface area (Å²) in [5.41, 5.74) is 5.05. The van der Waals surface area contributed by atoms with Crippen molar-refractivity contribution in [3.63, 3.8) is 0 Å². The van der Waals surface area contributed by atoms with Crippen molar-refractivity contribution in [3.05, 3.63) is 29.6 Å². The van der Waals surface area contributed by atoms with Crippen LogP contribution < -0.4 is 5.73 Å². The maximum absolute atomic E-state index is 12.9. The number of aromatic nitrogens is 2. The van der Waals surface area contributed by atoms with Crippen LogP contribution in [0.1, 0.15) is 18.3 Å². The maximum Gasteiger partial charge on any atom is 0.413 e. The summed E-state index contributed by atoms with van der Waals surface area (Å²) in [5.74, 6) is -0.185. The quantitative estimate of drug-likeness (QED) is 0.853. The highest BCUT2D eigenvalue weighted by Gasteiger charge is 2.52. The third-order valence-corrected chi connectivity index (χ3v) is 3.09. The van der Waals surface area contributed by atoms with Crippen LogP contribution in [0.15, 0.2) is 18.2 Å². The molecule has 1 atom stereocenters. The second-order valence-electron chi connectivity index (χ2n) is 4.69. The van der Waals surface area contributed by atoms with Crippen LogP contribution >= 0.6 is 0 Å². The van der Waals surface area contributed by atoms with Crippen LogP contribution in [0.2, 0.25) is 0 Å². The van der Waals surface area contributed by atoms with E-state index in [1.165, 1.54) is 11.6 Å². The van der Waals surface area contributed by atoms with Crippen LogP contribution in [0.25, 0.3) is 11.0 Å². The van der Waals surface area contributed by atoms with Gasteiger partial charge in [-0.1, -0.05) is 6.07 Å². The minimum Gasteiger partial charge on any atom is -0.329 e. The van der Waals surface area contributed by atoms with E-state index in [0.29, 0.717) is 11.0 Å². The minimum atomic E-state index is -4.54. The van der Waals surface area contributed by atoms with Crippen LogP contribution in [0.3, 0.4) is 0 Å². The van der Waals surface area contributed by atoms with E-state index in [1.807, 2.05) is 13.0 Å². The zero-order chi connectivity index (χ0) is 13.7. The lowest BCUT2D eigenvalue weighted by Gasteiger charge is -2.26. The van der Waals surface area contributed by atoms with Crippen LogP contribution in [0.5, 0.6) is 0 Å². The molecular weight excluding hydrogens is 243 g/mol. The summed E-state index contributed by atoms with van der Waals surface area (Å²) >= 11 is 0. The molecule has 0 saturated carbocycles. The van der Waals surface area contributed by atoms with Gasteiger partial charge in [0.05, 0.1) is 11.0 Å². The number of aryl methyl sites for hydroxylation is 2. The van der Waals surface area contributed by atoms with E-state index >= 15 is 0 Å². The average molecular weight is 257 g/mol. The monoisotopic (exact) mass is 257 g/mol. The minimum absolute atomic E-state index is 0.185. The summed E-state index contributed by atoms with van der Waals surface area (Å²) in [6.07, 6.45) is -4.54. The predicted molar refractivity (Wildman–Crippen MR) is 63.0 cm³/mol. The van der Waals surface area contributed by atoms with Gasteiger partial charge in [0.1, 0.15) is 5.82 Å². The molecule has 1 aromatic carbocycles. The smallest absolute Gasteiger partial charge is 0.329 e. The molecule has 0 bridgehead atoms. The van der Waals surface area contributed by atoms with Crippen molar-refractivity contribution in [2.24, 2.45) is 12.8 Å². The fourth-order valence-electron chi connectivity index (χ4n) is 1.90. The van der Waals surface area contributed by atoms with Crippen LogP contribution in [0, 0.1) is 6.92 Å². The van der Waals surface area contributed by atoms with Gasteiger partial charge in [0.15, 0.2) is 5.54 Å². The Morgan fingerprint density at radius 2 is 1.89 bits per heavy atom. The van der Waals surface area contributed by atoms with Crippen LogP contribution in [-0.2, 0) is 12.6 Å². The van der Waals surface area contributed by atoms with Gasteiger partial charge in [-0.15, -0.1) is 0 Å². The first-order valence-electron chi connectivity index (χ1n) is 5.44. The molecule has 1 unspecified atom stereocenters. The lowest BCUT2D eigenvalue weighted by Crippen LogP contribution is -2.49. The molecule has 3 nitrogen and oxygen atoms in total. The lowest BCUT2D eigenvalue weighted by molar-refractivity contribution is -0.186. The van der Waals surface area contributed by atoms with Crippen molar-refractivity contribution >= 4 is 11.0 Å². The molecule has 2 aromatic rings. The lowest BCUT2D eigenvalue weighted by atomic mass is 10.0. The number of benzene rings is 1. The molecule has 0 aliphatic carbocycles. The number of hydrogen-bond donors (Lipinski definition) is 1. The Kier molecular flexibility index (Phi) is 2.66. The van der Waals surface area contributed by atoms with Gasteiger partial charge in [-0.25, -0.2) is 4.98 Å². The molecule has 0 saturated heterocycles. The van der Waals surface area contributed by atoms with E-state index in [4.69, 9.17) is 5.73 Å². The molecule has 0 fully saturated rings. The Morgan fingerprint density at radius 1 is 1.28 bits per heavy atom. The van der Waals surface area contributed by atoms with Crippen molar-refractivity contribution in [2.45, 2.75) is 25.6 Å². The molecule has 0 radical (unpaired) electrons. The van der Waals surface area contributed by atoms with Gasteiger partial charge in [-0.05, 0) is 31.5 Å². The topological polar surface area (TPSA) is 43.8 Å². The molecule has 0 aliphatic rings. The standard InChI is InChI=1S/C12H14F3N3/c1-7-4-5-9-8(6-7)17-10(18(9)3)11(2,16)12(13,14)15/h4-6H,16H2,1-3H3. The van der Waals surface area contributed by atoms with E-state index < -0.39 is 11.7 Å². The van der Waals surface area contributed by atoms with Crippen LogP contribution in [-0.4, -0.2) is 15.7 Å². The van der Waals surface area contributed by atoms with Crippen molar-refractivity contribution in [3.8, 4) is 0 Å². The van der Waals surface area contributed by atoms with E-state index in [-0.39, 0.29) is 5.82 Å². The summed E-state index contributed by atoms with van der Waals surface area (Å²) in [5, 5.41) is 0. The zero-order valence-electron chi connectivity index (χ0n) is 10.3. The van der Waals surface area contributed by atoms with Gasteiger partial charge in [-0.2, -0.15) is 13.2 Å². The second-order valence-corrected chi connectivity index (χ2v) is 4.69. The molecule has 0 spiro atoms. The number of alkyl halides is 3. The Labute approximate surface area is 102 Å². The largest absolute Gasteiger partial charge is 0.413 e. The highest BCUT2D eigenvalue weighted by Crippen LogP contribution is 2.36. The van der Waals surface area contributed by atoms with Crippen molar-refractivity contribution in [1.29, 1.82) is 0 Å². The number of nitrogens with zero attached hydrogens (tertiary/aromatic N) is 2.